The summed E-state index contributed by atoms with van der Waals surface area (Å²) in [4.78, 5) is 15.6. The molecule has 3 nitrogen and oxygen atoms in total. The van der Waals surface area contributed by atoms with Crippen molar-refractivity contribution in [2.24, 2.45) is 0 Å². The molecule has 0 spiro atoms. The van der Waals surface area contributed by atoms with Gasteiger partial charge < -0.3 is 9.64 Å². The van der Waals surface area contributed by atoms with Crippen molar-refractivity contribution in [3.05, 3.63) is 58.0 Å². The maximum Gasteiger partial charge on any atom is 0.222 e. The van der Waals surface area contributed by atoms with Crippen molar-refractivity contribution in [2.75, 3.05) is 13.7 Å². The molecule has 1 aliphatic heterocycles. The molecule has 2 heterocycles. The predicted molar refractivity (Wildman–Crippen MR) is 93.5 cm³/mol. The Bertz CT molecular complexity index is 657. The van der Waals surface area contributed by atoms with E-state index >= 15 is 0 Å². The predicted octanol–water partition coefficient (Wildman–Crippen LogP) is 4.20. The van der Waals surface area contributed by atoms with E-state index in [0.29, 0.717) is 13.0 Å². The van der Waals surface area contributed by atoms with Crippen LogP contribution < -0.4 is 0 Å². The highest BCUT2D eigenvalue weighted by Gasteiger charge is 2.28. The van der Waals surface area contributed by atoms with Crippen molar-refractivity contribution in [3.63, 3.8) is 0 Å². The lowest BCUT2D eigenvalue weighted by Crippen LogP contribution is -2.41. The van der Waals surface area contributed by atoms with Gasteiger partial charge in [0.25, 0.3) is 0 Å². The van der Waals surface area contributed by atoms with E-state index in [1.807, 2.05) is 23.4 Å². The molecule has 0 unspecified atom stereocenters. The van der Waals surface area contributed by atoms with Crippen LogP contribution in [-0.2, 0) is 16.0 Å². The van der Waals surface area contributed by atoms with E-state index in [-0.39, 0.29) is 23.9 Å². The summed E-state index contributed by atoms with van der Waals surface area (Å²) < 4.78 is 18.9. The highest BCUT2D eigenvalue weighted by atomic mass is 32.1. The number of carbonyl (C=O) groups is 1. The number of amides is 1. The van der Waals surface area contributed by atoms with Gasteiger partial charge in [0.1, 0.15) is 5.82 Å². The second-order valence-electron chi connectivity index (χ2n) is 6.17. The van der Waals surface area contributed by atoms with E-state index < -0.39 is 0 Å². The maximum atomic E-state index is 13.1. The summed E-state index contributed by atoms with van der Waals surface area (Å²) in [5.74, 6) is -0.0693. The molecule has 1 saturated heterocycles. The smallest absolute Gasteiger partial charge is 0.222 e. The first-order valence-electron chi connectivity index (χ1n) is 8.28. The summed E-state index contributed by atoms with van der Waals surface area (Å²) in [6, 6.07) is 10.7. The molecule has 1 amide bonds. The Morgan fingerprint density at radius 1 is 1.33 bits per heavy atom. The lowest BCUT2D eigenvalue weighted by Gasteiger charge is -2.35. The van der Waals surface area contributed by atoms with Gasteiger partial charge in [0.2, 0.25) is 5.91 Å². The number of nitrogens with zero attached hydrogens (tertiary/aromatic N) is 1. The van der Waals surface area contributed by atoms with Crippen LogP contribution in [0.3, 0.4) is 0 Å². The van der Waals surface area contributed by atoms with Gasteiger partial charge in [0, 0.05) is 31.0 Å². The molecule has 0 bridgehead atoms. The molecule has 1 aliphatic rings. The van der Waals surface area contributed by atoms with Crippen molar-refractivity contribution >= 4 is 17.2 Å². The van der Waals surface area contributed by atoms with Crippen molar-refractivity contribution in [3.8, 4) is 0 Å². The van der Waals surface area contributed by atoms with Gasteiger partial charge in [-0.3, -0.25) is 4.79 Å². The van der Waals surface area contributed by atoms with Gasteiger partial charge >= 0.3 is 0 Å². The molecule has 1 aromatic heterocycles. The Morgan fingerprint density at radius 2 is 2.12 bits per heavy atom. The minimum absolute atomic E-state index is 0.0723. The number of hydrogen-bond donors (Lipinski definition) is 0. The fourth-order valence-corrected chi connectivity index (χ4v) is 3.81. The molecule has 2 atom stereocenters. The summed E-state index contributed by atoms with van der Waals surface area (Å²) >= 11 is 1.69. The third-order valence-corrected chi connectivity index (χ3v) is 5.54. The lowest BCUT2D eigenvalue weighted by atomic mass is 9.96. The molecule has 0 aliphatic carbocycles. The number of thiophene rings is 1. The second kappa shape index (κ2) is 7.90. The van der Waals surface area contributed by atoms with Crippen LogP contribution in [0.2, 0.25) is 0 Å². The fourth-order valence-electron chi connectivity index (χ4n) is 3.11. The molecule has 3 rings (SSSR count). The monoisotopic (exact) mass is 347 g/mol. The number of halogens is 1. The van der Waals surface area contributed by atoms with Crippen molar-refractivity contribution in [2.45, 2.75) is 37.8 Å². The molecule has 1 fully saturated rings. The number of aryl methyl sites for hydroxylation is 1. The van der Waals surface area contributed by atoms with Crippen molar-refractivity contribution in [1.29, 1.82) is 0 Å². The van der Waals surface area contributed by atoms with Crippen molar-refractivity contribution < 1.29 is 13.9 Å². The van der Waals surface area contributed by atoms with Crippen LogP contribution in [-0.4, -0.2) is 30.5 Å². The van der Waals surface area contributed by atoms with Gasteiger partial charge in [-0.1, -0.05) is 18.2 Å². The molecular formula is C19H22FNO2S. The Kier molecular flexibility index (Phi) is 5.63. The van der Waals surface area contributed by atoms with E-state index in [1.54, 1.807) is 23.5 Å². The zero-order valence-corrected chi connectivity index (χ0v) is 14.6. The molecular weight excluding hydrogens is 325 g/mol. The van der Waals surface area contributed by atoms with E-state index in [1.165, 1.54) is 17.0 Å². The van der Waals surface area contributed by atoms with Crippen LogP contribution in [0.1, 0.15) is 35.8 Å². The minimum Gasteiger partial charge on any atom is -0.373 e. The zero-order valence-electron chi connectivity index (χ0n) is 13.8. The Morgan fingerprint density at radius 3 is 2.83 bits per heavy atom. The van der Waals surface area contributed by atoms with Crippen LogP contribution in [0, 0.1) is 5.82 Å². The molecule has 2 aromatic rings. The number of ether oxygens (including phenoxy) is 1. The van der Waals surface area contributed by atoms with Gasteiger partial charge in [-0.05, 0) is 48.4 Å². The molecule has 0 saturated carbocycles. The number of benzene rings is 1. The Hall–Kier alpha value is -1.72. The number of hydrogen-bond acceptors (Lipinski definition) is 3. The van der Waals surface area contributed by atoms with Crippen LogP contribution in [0.4, 0.5) is 4.39 Å². The van der Waals surface area contributed by atoms with Gasteiger partial charge in [0.15, 0.2) is 0 Å². The first-order valence-corrected chi connectivity index (χ1v) is 9.16. The van der Waals surface area contributed by atoms with Crippen LogP contribution in [0.5, 0.6) is 0 Å². The highest BCUT2D eigenvalue weighted by Crippen LogP contribution is 2.30. The van der Waals surface area contributed by atoms with E-state index in [2.05, 4.69) is 6.07 Å². The van der Waals surface area contributed by atoms with Crippen LogP contribution in [0.15, 0.2) is 41.8 Å². The molecule has 128 valence electrons. The minimum atomic E-state index is -0.244. The fraction of sp³-hybridized carbons (Fsp3) is 0.421. The largest absolute Gasteiger partial charge is 0.373 e. The molecule has 0 radical (unpaired) electrons. The van der Waals surface area contributed by atoms with Gasteiger partial charge in [-0.15, -0.1) is 11.3 Å². The number of carbonyl (C=O) groups excluding carboxylic acids is 1. The average molecular weight is 347 g/mol. The molecule has 0 N–H and O–H groups in total. The Labute approximate surface area is 146 Å². The zero-order chi connectivity index (χ0) is 16.9. The average Bonchev–Trinajstić information content (AvgIpc) is 3.13. The van der Waals surface area contributed by atoms with Gasteiger partial charge in [-0.25, -0.2) is 4.39 Å². The van der Waals surface area contributed by atoms with Crippen molar-refractivity contribution in [1.82, 2.24) is 4.90 Å². The maximum absolute atomic E-state index is 13.1. The first kappa shape index (κ1) is 17.1. The van der Waals surface area contributed by atoms with Gasteiger partial charge in [0.05, 0.1) is 6.10 Å². The Balaban J connectivity index is 1.56. The van der Waals surface area contributed by atoms with Crippen LogP contribution >= 0.6 is 11.3 Å². The van der Waals surface area contributed by atoms with E-state index in [0.717, 1.165) is 24.8 Å². The van der Waals surface area contributed by atoms with E-state index in [9.17, 15) is 9.18 Å². The standard InChI is InChI=1S/C19H22FNO2S/c1-21(19(22)9-8-17-3-2-12-24-17)16-10-11-23-18(13-16)14-4-6-15(20)7-5-14/h2-7,12,16,18H,8-11,13H2,1H3/t16-,18-/m0/s1. The summed E-state index contributed by atoms with van der Waals surface area (Å²) in [7, 11) is 1.88. The summed E-state index contributed by atoms with van der Waals surface area (Å²) in [6.45, 7) is 0.620. The third kappa shape index (κ3) is 4.22. The highest BCUT2D eigenvalue weighted by molar-refractivity contribution is 7.09. The first-order chi connectivity index (χ1) is 11.6. The SMILES string of the molecule is CN(C(=O)CCc1cccs1)[C@H]1CCO[C@H](c2ccc(F)cc2)C1. The topological polar surface area (TPSA) is 29.5 Å². The number of rotatable bonds is 5. The third-order valence-electron chi connectivity index (χ3n) is 4.60. The quantitative estimate of drug-likeness (QED) is 0.811. The summed E-state index contributed by atoms with van der Waals surface area (Å²) in [5, 5.41) is 2.04. The van der Waals surface area contributed by atoms with Crippen LogP contribution in [0.25, 0.3) is 0 Å². The van der Waals surface area contributed by atoms with E-state index in [4.69, 9.17) is 4.74 Å². The summed E-state index contributed by atoms with van der Waals surface area (Å²) in [5.41, 5.74) is 0.973. The van der Waals surface area contributed by atoms with Gasteiger partial charge in [-0.2, -0.15) is 0 Å². The normalized spacial score (nSPS) is 20.8. The molecule has 1 aromatic carbocycles. The lowest BCUT2D eigenvalue weighted by molar-refractivity contribution is -0.135. The summed E-state index contributed by atoms with van der Waals surface area (Å²) in [6.07, 6.45) is 2.87. The second-order valence-corrected chi connectivity index (χ2v) is 7.21. The molecule has 24 heavy (non-hydrogen) atoms. The molecule has 5 heteroatoms.